The standard InChI is InChI=1S/C13H11BrOS/c1-9-4-5-12(14)11(7-9)13(15)8-10-3-2-6-16-10/h2-7H,8H2,1H3. The fourth-order valence-electron chi connectivity index (χ4n) is 1.52. The molecule has 1 aromatic carbocycles. The fraction of sp³-hybridized carbons (Fsp3) is 0.154. The van der Waals surface area contributed by atoms with E-state index in [4.69, 9.17) is 0 Å². The minimum Gasteiger partial charge on any atom is -0.294 e. The number of carbonyl (C=O) groups is 1. The number of rotatable bonds is 3. The molecule has 1 nitrogen and oxygen atoms in total. The highest BCUT2D eigenvalue weighted by atomic mass is 79.9. The molecule has 1 aromatic heterocycles. The minimum atomic E-state index is 0.165. The molecular weight excluding hydrogens is 284 g/mol. The quantitative estimate of drug-likeness (QED) is 0.774. The normalized spacial score (nSPS) is 10.4. The fourth-order valence-corrected chi connectivity index (χ4v) is 2.69. The minimum absolute atomic E-state index is 0.165. The number of benzene rings is 1. The Balaban J connectivity index is 2.24. The molecule has 2 rings (SSSR count). The predicted molar refractivity (Wildman–Crippen MR) is 71.2 cm³/mol. The third kappa shape index (κ3) is 2.60. The van der Waals surface area contributed by atoms with Gasteiger partial charge < -0.3 is 0 Å². The van der Waals surface area contributed by atoms with Crippen LogP contribution in [0, 0.1) is 6.92 Å². The highest BCUT2D eigenvalue weighted by molar-refractivity contribution is 9.10. The molecule has 0 saturated heterocycles. The zero-order chi connectivity index (χ0) is 11.5. The predicted octanol–water partition coefficient (Wildman–Crippen LogP) is 4.24. The zero-order valence-electron chi connectivity index (χ0n) is 8.87. The summed E-state index contributed by atoms with van der Waals surface area (Å²) in [5, 5.41) is 1.99. The van der Waals surface area contributed by atoms with E-state index in [1.165, 1.54) is 0 Å². The average Bonchev–Trinajstić information content (AvgIpc) is 2.74. The van der Waals surface area contributed by atoms with Crippen molar-refractivity contribution in [1.29, 1.82) is 0 Å². The van der Waals surface area contributed by atoms with Gasteiger partial charge in [0.15, 0.2) is 5.78 Å². The number of Topliss-reactive ketones (excluding diaryl/α,β-unsaturated/α-hetero) is 1. The van der Waals surface area contributed by atoms with Crippen LogP contribution in [0.5, 0.6) is 0 Å². The first-order chi connectivity index (χ1) is 7.66. The molecule has 0 unspecified atom stereocenters. The van der Waals surface area contributed by atoms with Crippen LogP contribution in [0.3, 0.4) is 0 Å². The van der Waals surface area contributed by atoms with Gasteiger partial charge in [-0.05, 0) is 30.5 Å². The van der Waals surface area contributed by atoms with Gasteiger partial charge in [0.05, 0.1) is 0 Å². The Hall–Kier alpha value is -0.930. The van der Waals surface area contributed by atoms with E-state index < -0.39 is 0 Å². The van der Waals surface area contributed by atoms with E-state index in [0.29, 0.717) is 6.42 Å². The topological polar surface area (TPSA) is 17.1 Å². The molecular formula is C13H11BrOS. The molecule has 0 saturated carbocycles. The van der Waals surface area contributed by atoms with Crippen LogP contribution in [0.4, 0.5) is 0 Å². The lowest BCUT2D eigenvalue weighted by atomic mass is 10.1. The first kappa shape index (κ1) is 11.6. The van der Waals surface area contributed by atoms with E-state index in [-0.39, 0.29) is 5.78 Å². The van der Waals surface area contributed by atoms with Crippen LogP contribution in [0.25, 0.3) is 0 Å². The van der Waals surface area contributed by atoms with Crippen LogP contribution in [-0.4, -0.2) is 5.78 Å². The number of hydrogen-bond donors (Lipinski definition) is 0. The summed E-state index contributed by atoms with van der Waals surface area (Å²) in [6.07, 6.45) is 0.486. The molecule has 0 aliphatic rings. The zero-order valence-corrected chi connectivity index (χ0v) is 11.3. The second-order valence-corrected chi connectivity index (χ2v) is 5.55. The molecule has 16 heavy (non-hydrogen) atoms. The lowest BCUT2D eigenvalue weighted by Gasteiger charge is -2.04. The molecule has 0 aliphatic carbocycles. The summed E-state index contributed by atoms with van der Waals surface area (Å²) in [4.78, 5) is 13.2. The van der Waals surface area contributed by atoms with E-state index in [9.17, 15) is 4.79 Å². The summed E-state index contributed by atoms with van der Waals surface area (Å²) >= 11 is 5.04. The molecule has 0 N–H and O–H groups in total. The summed E-state index contributed by atoms with van der Waals surface area (Å²) < 4.78 is 0.875. The third-order valence-electron chi connectivity index (χ3n) is 2.34. The molecule has 0 atom stereocenters. The van der Waals surface area contributed by atoms with Gasteiger partial charge in [0.25, 0.3) is 0 Å². The Labute approximate surface area is 107 Å². The molecule has 1 heterocycles. The largest absolute Gasteiger partial charge is 0.294 e. The Morgan fingerprint density at radius 3 is 2.88 bits per heavy atom. The smallest absolute Gasteiger partial charge is 0.169 e. The summed E-state index contributed by atoms with van der Waals surface area (Å²) in [6.45, 7) is 1.99. The number of halogens is 1. The number of ketones is 1. The number of hydrogen-bond acceptors (Lipinski definition) is 2. The molecule has 0 aliphatic heterocycles. The van der Waals surface area contributed by atoms with Gasteiger partial charge in [-0.2, -0.15) is 0 Å². The van der Waals surface area contributed by atoms with Crippen molar-refractivity contribution in [3.8, 4) is 0 Å². The van der Waals surface area contributed by atoms with Crippen molar-refractivity contribution in [2.45, 2.75) is 13.3 Å². The molecule has 2 aromatic rings. The molecule has 0 spiro atoms. The average molecular weight is 295 g/mol. The van der Waals surface area contributed by atoms with E-state index in [1.807, 2.05) is 42.6 Å². The highest BCUT2D eigenvalue weighted by Crippen LogP contribution is 2.21. The molecule has 0 radical (unpaired) electrons. The lowest BCUT2D eigenvalue weighted by Crippen LogP contribution is -2.03. The van der Waals surface area contributed by atoms with Crippen LogP contribution in [0.2, 0.25) is 0 Å². The Bertz CT molecular complexity index is 503. The van der Waals surface area contributed by atoms with Crippen molar-refractivity contribution in [3.63, 3.8) is 0 Å². The van der Waals surface area contributed by atoms with Gasteiger partial charge in [0, 0.05) is 21.3 Å². The highest BCUT2D eigenvalue weighted by Gasteiger charge is 2.11. The van der Waals surface area contributed by atoms with Crippen LogP contribution in [0.1, 0.15) is 20.8 Å². The van der Waals surface area contributed by atoms with Crippen LogP contribution >= 0.6 is 27.3 Å². The number of carbonyl (C=O) groups excluding carboxylic acids is 1. The molecule has 82 valence electrons. The second-order valence-electron chi connectivity index (χ2n) is 3.66. The van der Waals surface area contributed by atoms with Crippen LogP contribution in [0.15, 0.2) is 40.2 Å². The van der Waals surface area contributed by atoms with E-state index in [2.05, 4.69) is 15.9 Å². The Morgan fingerprint density at radius 2 is 2.19 bits per heavy atom. The first-order valence-electron chi connectivity index (χ1n) is 4.98. The van der Waals surface area contributed by atoms with E-state index in [0.717, 1.165) is 20.5 Å². The maximum Gasteiger partial charge on any atom is 0.169 e. The Morgan fingerprint density at radius 1 is 1.38 bits per heavy atom. The van der Waals surface area contributed by atoms with Gasteiger partial charge >= 0.3 is 0 Å². The number of aryl methyl sites for hydroxylation is 1. The second kappa shape index (κ2) is 4.93. The molecule has 0 bridgehead atoms. The maximum absolute atomic E-state index is 12.1. The summed E-state index contributed by atoms with van der Waals surface area (Å²) in [7, 11) is 0. The van der Waals surface area contributed by atoms with E-state index >= 15 is 0 Å². The van der Waals surface area contributed by atoms with Crippen LogP contribution in [-0.2, 0) is 6.42 Å². The van der Waals surface area contributed by atoms with Crippen molar-refractivity contribution in [3.05, 3.63) is 56.2 Å². The van der Waals surface area contributed by atoms with E-state index in [1.54, 1.807) is 11.3 Å². The van der Waals surface area contributed by atoms with Crippen molar-refractivity contribution >= 4 is 33.0 Å². The molecule has 3 heteroatoms. The van der Waals surface area contributed by atoms with Gasteiger partial charge in [-0.3, -0.25) is 4.79 Å². The van der Waals surface area contributed by atoms with Gasteiger partial charge in [-0.15, -0.1) is 11.3 Å². The first-order valence-corrected chi connectivity index (χ1v) is 6.66. The van der Waals surface area contributed by atoms with Crippen molar-refractivity contribution < 1.29 is 4.79 Å². The third-order valence-corrected chi connectivity index (χ3v) is 3.91. The van der Waals surface area contributed by atoms with Gasteiger partial charge in [-0.25, -0.2) is 0 Å². The lowest BCUT2D eigenvalue weighted by molar-refractivity contribution is 0.0993. The SMILES string of the molecule is Cc1ccc(Br)c(C(=O)Cc2cccs2)c1. The van der Waals surface area contributed by atoms with Crippen molar-refractivity contribution in [2.24, 2.45) is 0 Å². The van der Waals surface area contributed by atoms with Gasteiger partial charge in [0.2, 0.25) is 0 Å². The molecule has 0 amide bonds. The van der Waals surface area contributed by atoms with Crippen LogP contribution < -0.4 is 0 Å². The number of thiophene rings is 1. The van der Waals surface area contributed by atoms with Crippen molar-refractivity contribution in [2.75, 3.05) is 0 Å². The van der Waals surface area contributed by atoms with Crippen molar-refractivity contribution in [1.82, 2.24) is 0 Å². The maximum atomic E-state index is 12.1. The van der Waals surface area contributed by atoms with Gasteiger partial charge in [0.1, 0.15) is 0 Å². The summed E-state index contributed by atoms with van der Waals surface area (Å²) in [6, 6.07) is 9.81. The van der Waals surface area contributed by atoms with Gasteiger partial charge in [-0.1, -0.05) is 33.6 Å². The monoisotopic (exact) mass is 294 g/mol. The summed E-state index contributed by atoms with van der Waals surface area (Å²) in [5.41, 5.74) is 1.88. The summed E-state index contributed by atoms with van der Waals surface area (Å²) in [5.74, 6) is 0.165. The molecule has 0 fully saturated rings. The Kier molecular flexibility index (Phi) is 3.56.